The van der Waals surface area contributed by atoms with Gasteiger partial charge in [-0.2, -0.15) is 5.10 Å². The molecule has 6 nitrogen and oxygen atoms in total. The van der Waals surface area contributed by atoms with Crippen molar-refractivity contribution in [3.8, 4) is 5.69 Å². The highest BCUT2D eigenvalue weighted by Gasteiger charge is 2.30. The first kappa shape index (κ1) is 18.2. The Morgan fingerprint density at radius 2 is 1.93 bits per heavy atom. The molecule has 1 atom stereocenters. The van der Waals surface area contributed by atoms with Crippen LogP contribution in [0, 0.1) is 0 Å². The van der Waals surface area contributed by atoms with Crippen molar-refractivity contribution < 1.29 is 9.21 Å². The minimum Gasteiger partial charge on any atom is -0.468 e. The number of carbonyl (C=O) groups excluding carboxylic acids is 1. The predicted octanol–water partition coefficient (Wildman–Crippen LogP) is 3.91. The van der Waals surface area contributed by atoms with E-state index in [0.29, 0.717) is 18.2 Å². The molecule has 1 N–H and O–H groups in total. The molecular weight excluding hydrogens is 364 g/mol. The monoisotopic (exact) mass is 390 g/mol. The summed E-state index contributed by atoms with van der Waals surface area (Å²) in [4.78, 5) is 15.6. The molecule has 1 aliphatic heterocycles. The number of hydrogen-bond donors (Lipinski definition) is 1. The molecule has 2 fully saturated rings. The van der Waals surface area contributed by atoms with Crippen LogP contribution in [0.3, 0.4) is 0 Å². The summed E-state index contributed by atoms with van der Waals surface area (Å²) in [6.07, 6.45) is 6.39. The van der Waals surface area contributed by atoms with E-state index < -0.39 is 0 Å². The fraction of sp³-hybridized carbons (Fsp3) is 0.391. The zero-order chi connectivity index (χ0) is 19.6. The van der Waals surface area contributed by atoms with E-state index in [0.717, 1.165) is 43.1 Å². The maximum atomic E-state index is 13.2. The van der Waals surface area contributed by atoms with E-state index in [-0.39, 0.29) is 11.9 Å². The number of likely N-dealkylation sites (tertiary alicyclic amines) is 1. The van der Waals surface area contributed by atoms with Gasteiger partial charge in [0, 0.05) is 12.5 Å². The van der Waals surface area contributed by atoms with E-state index in [1.807, 2.05) is 48.5 Å². The van der Waals surface area contributed by atoms with Gasteiger partial charge in [-0.25, -0.2) is 4.68 Å². The second-order valence-corrected chi connectivity index (χ2v) is 7.96. The fourth-order valence-electron chi connectivity index (χ4n) is 4.13. The number of carbonyl (C=O) groups is 1. The molecule has 1 saturated heterocycles. The second kappa shape index (κ2) is 7.87. The maximum absolute atomic E-state index is 13.2. The van der Waals surface area contributed by atoms with E-state index in [1.54, 1.807) is 10.9 Å². The summed E-state index contributed by atoms with van der Waals surface area (Å²) >= 11 is 0. The largest absolute Gasteiger partial charge is 0.468 e. The SMILES string of the molecule is O=C(NC[C@@H](c1ccco1)N1CCCC1)c1cc(C2CC2)nn1-c1ccccc1. The first-order valence-corrected chi connectivity index (χ1v) is 10.5. The Morgan fingerprint density at radius 3 is 2.62 bits per heavy atom. The molecule has 1 aliphatic carbocycles. The molecule has 1 amide bonds. The van der Waals surface area contributed by atoms with Crippen LogP contribution >= 0.6 is 0 Å². The van der Waals surface area contributed by atoms with Crippen LogP contribution in [0.15, 0.2) is 59.2 Å². The normalized spacial score (nSPS) is 18.1. The van der Waals surface area contributed by atoms with Crippen LogP contribution in [-0.2, 0) is 0 Å². The highest BCUT2D eigenvalue weighted by atomic mass is 16.3. The van der Waals surface area contributed by atoms with Crippen molar-refractivity contribution in [3.63, 3.8) is 0 Å². The van der Waals surface area contributed by atoms with Crippen LogP contribution in [0.5, 0.6) is 0 Å². The van der Waals surface area contributed by atoms with Gasteiger partial charge in [0.25, 0.3) is 5.91 Å². The van der Waals surface area contributed by atoms with Crippen LogP contribution in [0.1, 0.15) is 59.6 Å². The number of rotatable bonds is 7. The molecule has 150 valence electrons. The Balaban J connectivity index is 1.37. The van der Waals surface area contributed by atoms with Gasteiger partial charge in [0.15, 0.2) is 0 Å². The fourth-order valence-corrected chi connectivity index (χ4v) is 4.13. The number of nitrogens with zero attached hydrogens (tertiary/aromatic N) is 3. The van der Waals surface area contributed by atoms with Crippen molar-refractivity contribution in [2.24, 2.45) is 0 Å². The molecule has 2 aromatic heterocycles. The van der Waals surface area contributed by atoms with Crippen LogP contribution in [0.2, 0.25) is 0 Å². The van der Waals surface area contributed by atoms with Crippen LogP contribution < -0.4 is 5.32 Å². The van der Waals surface area contributed by atoms with Gasteiger partial charge in [-0.1, -0.05) is 18.2 Å². The van der Waals surface area contributed by atoms with Gasteiger partial charge < -0.3 is 9.73 Å². The smallest absolute Gasteiger partial charge is 0.270 e. The number of aromatic nitrogens is 2. The lowest BCUT2D eigenvalue weighted by Crippen LogP contribution is -2.37. The number of amides is 1. The van der Waals surface area contributed by atoms with E-state index >= 15 is 0 Å². The molecule has 3 aromatic rings. The Kier molecular flexibility index (Phi) is 4.94. The van der Waals surface area contributed by atoms with Crippen LogP contribution in [-0.4, -0.2) is 40.2 Å². The van der Waals surface area contributed by atoms with Gasteiger partial charge in [-0.05, 0) is 69.1 Å². The maximum Gasteiger partial charge on any atom is 0.270 e. The van der Waals surface area contributed by atoms with Crippen molar-refractivity contribution in [2.75, 3.05) is 19.6 Å². The van der Waals surface area contributed by atoms with Gasteiger partial charge in [-0.15, -0.1) is 0 Å². The van der Waals surface area contributed by atoms with Gasteiger partial charge in [-0.3, -0.25) is 9.69 Å². The molecule has 0 bridgehead atoms. The minimum atomic E-state index is -0.0935. The Bertz CT molecular complexity index is 954. The zero-order valence-electron chi connectivity index (χ0n) is 16.5. The summed E-state index contributed by atoms with van der Waals surface area (Å²) in [5.74, 6) is 1.30. The molecule has 1 saturated carbocycles. The predicted molar refractivity (Wildman–Crippen MR) is 110 cm³/mol. The molecule has 2 aliphatic rings. The number of hydrogen-bond acceptors (Lipinski definition) is 4. The summed E-state index contributed by atoms with van der Waals surface area (Å²) in [7, 11) is 0. The van der Waals surface area contributed by atoms with Crippen molar-refractivity contribution in [1.29, 1.82) is 0 Å². The van der Waals surface area contributed by atoms with Gasteiger partial charge in [0.1, 0.15) is 11.5 Å². The molecule has 5 rings (SSSR count). The van der Waals surface area contributed by atoms with Gasteiger partial charge in [0.05, 0.1) is 23.7 Å². The molecule has 0 spiro atoms. The standard InChI is InChI=1S/C23H26N4O2/c28-23(24-16-21(22-9-6-14-29-22)26-12-4-5-13-26)20-15-19(17-10-11-17)25-27(20)18-7-2-1-3-8-18/h1-3,6-9,14-15,17,21H,4-5,10-13,16H2,(H,24,28)/t21-/m0/s1. The lowest BCUT2D eigenvalue weighted by Gasteiger charge is -2.26. The van der Waals surface area contributed by atoms with Gasteiger partial charge in [0.2, 0.25) is 0 Å². The number of nitrogens with one attached hydrogen (secondary N) is 1. The summed E-state index contributed by atoms with van der Waals surface area (Å²) < 4.78 is 7.45. The Hall–Kier alpha value is -2.86. The minimum absolute atomic E-state index is 0.0625. The average Bonchev–Trinajstić information content (AvgIpc) is 3.19. The lowest BCUT2D eigenvalue weighted by molar-refractivity contribution is 0.0926. The number of para-hydroxylation sites is 1. The molecule has 29 heavy (non-hydrogen) atoms. The van der Waals surface area contributed by atoms with E-state index in [2.05, 4.69) is 10.2 Å². The zero-order valence-corrected chi connectivity index (χ0v) is 16.5. The average molecular weight is 390 g/mol. The Morgan fingerprint density at radius 1 is 1.14 bits per heavy atom. The molecule has 0 radical (unpaired) electrons. The third-order valence-electron chi connectivity index (χ3n) is 5.87. The van der Waals surface area contributed by atoms with Crippen LogP contribution in [0.25, 0.3) is 5.69 Å². The van der Waals surface area contributed by atoms with E-state index in [1.165, 1.54) is 12.8 Å². The Labute approximate surface area is 170 Å². The summed E-state index contributed by atoms with van der Waals surface area (Å²) in [5.41, 5.74) is 2.52. The molecule has 6 heteroatoms. The third kappa shape index (κ3) is 3.85. The van der Waals surface area contributed by atoms with E-state index in [4.69, 9.17) is 9.52 Å². The summed E-state index contributed by atoms with van der Waals surface area (Å²) in [6.45, 7) is 2.59. The van der Waals surface area contributed by atoms with Crippen molar-refractivity contribution in [3.05, 3.63) is 71.9 Å². The molecule has 3 heterocycles. The number of furan rings is 1. The molecule has 0 unspecified atom stereocenters. The highest BCUT2D eigenvalue weighted by molar-refractivity contribution is 5.93. The lowest BCUT2D eigenvalue weighted by atomic mass is 10.2. The second-order valence-electron chi connectivity index (χ2n) is 7.96. The number of benzene rings is 1. The topological polar surface area (TPSA) is 63.3 Å². The summed E-state index contributed by atoms with van der Waals surface area (Å²) in [6, 6.07) is 15.8. The summed E-state index contributed by atoms with van der Waals surface area (Å²) in [5, 5.41) is 7.89. The van der Waals surface area contributed by atoms with Crippen LogP contribution in [0.4, 0.5) is 0 Å². The third-order valence-corrected chi connectivity index (χ3v) is 5.87. The first-order valence-electron chi connectivity index (χ1n) is 10.5. The van der Waals surface area contributed by atoms with Crippen molar-refractivity contribution >= 4 is 5.91 Å². The first-order chi connectivity index (χ1) is 14.3. The molecular formula is C23H26N4O2. The highest BCUT2D eigenvalue weighted by Crippen LogP contribution is 2.39. The van der Waals surface area contributed by atoms with Gasteiger partial charge >= 0.3 is 0 Å². The molecule has 1 aromatic carbocycles. The van der Waals surface area contributed by atoms with E-state index in [9.17, 15) is 4.79 Å². The quantitative estimate of drug-likeness (QED) is 0.664. The van der Waals surface area contributed by atoms with Crippen molar-refractivity contribution in [1.82, 2.24) is 20.0 Å². The van der Waals surface area contributed by atoms with Crippen molar-refractivity contribution in [2.45, 2.75) is 37.6 Å².